The molecule has 0 unspecified atom stereocenters. The molecular formula is C14H11N5. The third-order valence-electron chi connectivity index (χ3n) is 2.77. The van der Waals surface area contributed by atoms with Gasteiger partial charge in [-0.25, -0.2) is 4.99 Å². The number of nitrogens with zero attached hydrogens (tertiary/aromatic N) is 3. The van der Waals surface area contributed by atoms with E-state index >= 15 is 0 Å². The van der Waals surface area contributed by atoms with Crippen LogP contribution >= 0.6 is 0 Å². The molecule has 5 heteroatoms. The van der Waals surface area contributed by atoms with Gasteiger partial charge in [0, 0.05) is 28.9 Å². The number of allylic oxidation sites excluding steroid dienone is 2. The topological polar surface area (TPSA) is 102 Å². The third-order valence-corrected chi connectivity index (χ3v) is 2.77. The van der Waals surface area contributed by atoms with Gasteiger partial charge in [-0.2, -0.15) is 10.5 Å². The summed E-state index contributed by atoms with van der Waals surface area (Å²) in [4.78, 5) is 7.12. The van der Waals surface area contributed by atoms with Crippen molar-refractivity contribution in [3.8, 4) is 12.1 Å². The molecule has 19 heavy (non-hydrogen) atoms. The van der Waals surface area contributed by atoms with Crippen LogP contribution in [0.25, 0.3) is 10.9 Å². The zero-order valence-corrected chi connectivity index (χ0v) is 10.3. The summed E-state index contributed by atoms with van der Waals surface area (Å²) in [5, 5.41) is 18.5. The number of hydrogen-bond donors (Lipinski definition) is 2. The Morgan fingerprint density at radius 3 is 2.84 bits per heavy atom. The number of hydrogen-bond acceptors (Lipinski definition) is 4. The van der Waals surface area contributed by atoms with Crippen LogP contribution in [0.15, 0.2) is 40.8 Å². The molecule has 0 saturated heterocycles. The molecule has 2 rings (SSSR count). The minimum absolute atomic E-state index is 0.0792. The van der Waals surface area contributed by atoms with Crippen LogP contribution in [0.1, 0.15) is 11.1 Å². The largest absolute Gasteiger partial charge is 0.388 e. The monoisotopic (exact) mass is 249 g/mol. The number of benzene rings is 1. The number of nitrogens with one attached hydrogen (secondary N) is 1. The van der Waals surface area contributed by atoms with Crippen molar-refractivity contribution in [2.24, 2.45) is 10.7 Å². The van der Waals surface area contributed by atoms with Crippen molar-refractivity contribution in [3.63, 3.8) is 0 Å². The van der Waals surface area contributed by atoms with Gasteiger partial charge in [-0.1, -0.05) is 18.2 Å². The van der Waals surface area contributed by atoms with Crippen molar-refractivity contribution < 1.29 is 0 Å². The van der Waals surface area contributed by atoms with E-state index < -0.39 is 0 Å². The molecule has 1 aromatic carbocycles. The molecule has 0 fully saturated rings. The highest BCUT2D eigenvalue weighted by Crippen LogP contribution is 2.20. The van der Waals surface area contributed by atoms with E-state index in [1.54, 1.807) is 18.3 Å². The molecule has 3 N–H and O–H groups in total. The zero-order valence-electron chi connectivity index (χ0n) is 10.3. The van der Waals surface area contributed by atoms with Crippen LogP contribution in [-0.2, 0) is 0 Å². The van der Waals surface area contributed by atoms with E-state index in [0.717, 1.165) is 22.0 Å². The van der Waals surface area contributed by atoms with Gasteiger partial charge in [0.15, 0.2) is 5.70 Å². The summed E-state index contributed by atoms with van der Waals surface area (Å²) in [5.74, 6) is 0. The minimum atomic E-state index is -0.185. The SMILES string of the molecule is Cc1cccc2c(C=N/C(C#N)=C(\N)C#N)c[nH]c12. The van der Waals surface area contributed by atoms with Crippen molar-refractivity contribution in [1.82, 2.24) is 4.98 Å². The lowest BCUT2D eigenvalue weighted by molar-refractivity contribution is 1.27. The Kier molecular flexibility index (Phi) is 3.31. The Bertz CT molecular complexity index is 765. The van der Waals surface area contributed by atoms with Gasteiger partial charge in [-0.3, -0.25) is 0 Å². The number of aryl methyl sites for hydroxylation is 1. The highest BCUT2D eigenvalue weighted by Gasteiger charge is 2.04. The molecule has 1 aromatic heterocycles. The lowest BCUT2D eigenvalue weighted by atomic mass is 10.1. The number of aromatic nitrogens is 1. The Labute approximate surface area is 110 Å². The van der Waals surface area contributed by atoms with E-state index in [0.29, 0.717) is 0 Å². The number of aliphatic imine (C=N–C) groups is 1. The summed E-state index contributed by atoms with van der Waals surface area (Å²) in [5.41, 5.74) is 8.12. The van der Waals surface area contributed by atoms with Crippen molar-refractivity contribution in [2.45, 2.75) is 6.92 Å². The normalized spacial score (nSPS) is 12.2. The first kappa shape index (κ1) is 12.4. The van der Waals surface area contributed by atoms with Crippen LogP contribution in [-0.4, -0.2) is 11.2 Å². The number of nitrogens with two attached hydrogens (primary N) is 1. The van der Waals surface area contributed by atoms with Crippen LogP contribution in [0.4, 0.5) is 0 Å². The van der Waals surface area contributed by atoms with Gasteiger partial charge in [0.05, 0.1) is 0 Å². The molecule has 2 aromatic rings. The third kappa shape index (κ3) is 2.31. The van der Waals surface area contributed by atoms with Crippen LogP contribution in [0, 0.1) is 29.6 Å². The van der Waals surface area contributed by atoms with E-state index in [1.165, 1.54) is 6.21 Å². The molecule has 0 amide bonds. The van der Waals surface area contributed by atoms with Crippen LogP contribution in [0.2, 0.25) is 0 Å². The second-order valence-electron chi connectivity index (χ2n) is 3.99. The second kappa shape index (κ2) is 5.07. The first-order valence-electron chi connectivity index (χ1n) is 5.58. The number of aromatic amines is 1. The summed E-state index contributed by atoms with van der Waals surface area (Å²) in [6, 6.07) is 9.43. The Hall–Kier alpha value is -3.05. The summed E-state index contributed by atoms with van der Waals surface area (Å²) in [6.45, 7) is 2.01. The van der Waals surface area contributed by atoms with E-state index in [4.69, 9.17) is 16.3 Å². The fraction of sp³-hybridized carbons (Fsp3) is 0.0714. The van der Waals surface area contributed by atoms with Crippen molar-refractivity contribution in [3.05, 3.63) is 46.9 Å². The van der Waals surface area contributed by atoms with Crippen LogP contribution in [0.3, 0.4) is 0 Å². The van der Waals surface area contributed by atoms with E-state index in [2.05, 4.69) is 9.98 Å². The minimum Gasteiger partial charge on any atom is -0.388 e. The molecule has 0 saturated carbocycles. The Balaban J connectivity index is 2.46. The summed E-state index contributed by atoms with van der Waals surface area (Å²) in [6.07, 6.45) is 3.33. The first-order valence-corrected chi connectivity index (χ1v) is 5.58. The Morgan fingerprint density at radius 2 is 2.16 bits per heavy atom. The molecule has 0 spiro atoms. The van der Waals surface area contributed by atoms with Gasteiger partial charge in [0.2, 0.25) is 0 Å². The number of rotatable bonds is 2. The lowest BCUT2D eigenvalue weighted by Gasteiger charge is -1.95. The lowest BCUT2D eigenvalue weighted by Crippen LogP contribution is -1.97. The average Bonchev–Trinajstić information content (AvgIpc) is 2.84. The molecular weight excluding hydrogens is 238 g/mol. The van der Waals surface area contributed by atoms with Gasteiger partial charge in [0.25, 0.3) is 0 Å². The molecule has 0 bridgehead atoms. The molecule has 0 aliphatic rings. The van der Waals surface area contributed by atoms with Gasteiger partial charge in [-0.05, 0) is 12.5 Å². The molecule has 0 radical (unpaired) electrons. The fourth-order valence-electron chi connectivity index (χ4n) is 1.78. The van der Waals surface area contributed by atoms with Crippen LogP contribution < -0.4 is 5.73 Å². The van der Waals surface area contributed by atoms with Gasteiger partial charge < -0.3 is 10.7 Å². The number of fused-ring (bicyclic) bond motifs is 1. The van der Waals surface area contributed by atoms with Crippen LogP contribution in [0.5, 0.6) is 0 Å². The number of H-pyrrole nitrogens is 1. The van der Waals surface area contributed by atoms with E-state index in [9.17, 15) is 0 Å². The zero-order chi connectivity index (χ0) is 13.8. The molecule has 92 valence electrons. The fourth-order valence-corrected chi connectivity index (χ4v) is 1.78. The average molecular weight is 249 g/mol. The highest BCUT2D eigenvalue weighted by atomic mass is 14.8. The smallest absolute Gasteiger partial charge is 0.174 e. The predicted octanol–water partition coefficient (Wildman–Crippen LogP) is 2.11. The highest BCUT2D eigenvalue weighted by molar-refractivity contribution is 6.00. The number of nitriles is 2. The first-order chi connectivity index (χ1) is 9.17. The quantitative estimate of drug-likeness (QED) is 0.629. The van der Waals surface area contributed by atoms with Gasteiger partial charge >= 0.3 is 0 Å². The molecule has 1 heterocycles. The summed E-state index contributed by atoms with van der Waals surface area (Å²) < 4.78 is 0. The van der Waals surface area contributed by atoms with Crippen molar-refractivity contribution in [2.75, 3.05) is 0 Å². The van der Waals surface area contributed by atoms with E-state index in [1.807, 2.05) is 25.1 Å². The standard InChI is InChI=1S/C14H11N5/c1-9-3-2-4-11-10(8-19-14(9)11)7-18-13(6-16)12(17)5-15/h2-4,7-8,19H,17H2,1H3/b13-12-,18-7?. The van der Waals surface area contributed by atoms with Gasteiger partial charge in [0.1, 0.15) is 17.8 Å². The van der Waals surface area contributed by atoms with Crippen molar-refractivity contribution in [1.29, 1.82) is 10.5 Å². The summed E-state index contributed by atoms with van der Waals surface area (Å²) >= 11 is 0. The van der Waals surface area contributed by atoms with Crippen molar-refractivity contribution >= 4 is 17.1 Å². The molecule has 0 atom stereocenters. The molecule has 5 nitrogen and oxygen atoms in total. The summed E-state index contributed by atoms with van der Waals surface area (Å²) in [7, 11) is 0. The van der Waals surface area contributed by atoms with Gasteiger partial charge in [-0.15, -0.1) is 0 Å². The second-order valence-corrected chi connectivity index (χ2v) is 3.99. The maximum absolute atomic E-state index is 8.85. The van der Waals surface area contributed by atoms with E-state index in [-0.39, 0.29) is 11.4 Å². The maximum atomic E-state index is 8.85. The molecule has 0 aliphatic heterocycles. The number of para-hydroxylation sites is 1. The Morgan fingerprint density at radius 1 is 1.37 bits per heavy atom. The predicted molar refractivity (Wildman–Crippen MR) is 73.1 cm³/mol. The maximum Gasteiger partial charge on any atom is 0.174 e. The molecule has 0 aliphatic carbocycles.